The van der Waals surface area contributed by atoms with Crippen molar-refractivity contribution in [2.45, 2.75) is 20.8 Å². The maximum atomic E-state index is 5.48. The van der Waals surface area contributed by atoms with Crippen LogP contribution in [0.4, 0.5) is 5.69 Å². The van der Waals surface area contributed by atoms with Crippen LogP contribution in [0.2, 0.25) is 0 Å². The van der Waals surface area contributed by atoms with Crippen LogP contribution < -0.4 is 10.6 Å². The minimum absolute atomic E-state index is 0.823. The Morgan fingerprint density at radius 3 is 2.78 bits per heavy atom. The molecule has 5 heteroatoms. The topological polar surface area (TPSA) is 62.5 Å². The molecule has 0 atom stereocenters. The molecule has 0 unspecified atom stereocenters. The van der Waals surface area contributed by atoms with Gasteiger partial charge in [-0.25, -0.2) is 4.98 Å². The number of hydrogen-bond donors (Lipinski definition) is 2. The fourth-order valence-electron chi connectivity index (χ4n) is 2.33. The molecule has 2 heterocycles. The lowest BCUT2D eigenvalue weighted by Gasteiger charge is -2.15. The van der Waals surface area contributed by atoms with Crippen molar-refractivity contribution in [2.75, 3.05) is 18.4 Å². The first-order chi connectivity index (χ1) is 8.68. The third-order valence-electron chi connectivity index (χ3n) is 3.49. The number of hydrogen-bond acceptors (Lipinski definition) is 5. The quantitative estimate of drug-likeness (QED) is 0.806. The Hall–Kier alpha value is -2.04. The molecular formula is C13H16N4O. The lowest BCUT2D eigenvalue weighted by Crippen LogP contribution is -2.27. The van der Waals surface area contributed by atoms with Crippen molar-refractivity contribution in [3.8, 4) is 0 Å². The van der Waals surface area contributed by atoms with Crippen LogP contribution in [-0.4, -0.2) is 24.0 Å². The second-order valence-electron chi connectivity index (χ2n) is 4.56. The number of nitrogens with zero attached hydrogens (tertiary/aromatic N) is 2. The summed E-state index contributed by atoms with van der Waals surface area (Å²) in [5, 5.41) is 6.56. The predicted molar refractivity (Wildman–Crippen MR) is 72.1 cm³/mol. The highest BCUT2D eigenvalue weighted by atomic mass is 16.3. The largest absolute Gasteiger partial charge is 0.443 e. The molecule has 18 heavy (non-hydrogen) atoms. The lowest BCUT2D eigenvalue weighted by molar-refractivity contribution is 0.600. The molecule has 0 fully saturated rings. The SMILES string of the molecule is Cc1c(NC2=NCCN2)c(C)c2ocnc2c1C. The van der Waals surface area contributed by atoms with Gasteiger partial charge in [0.2, 0.25) is 0 Å². The number of anilines is 1. The van der Waals surface area contributed by atoms with Crippen LogP contribution in [0.5, 0.6) is 0 Å². The summed E-state index contributed by atoms with van der Waals surface area (Å²) in [6.45, 7) is 7.91. The fraction of sp³-hybridized carbons (Fsp3) is 0.385. The smallest absolute Gasteiger partial charge is 0.195 e. The van der Waals surface area contributed by atoms with Gasteiger partial charge in [0.05, 0.1) is 12.2 Å². The number of oxazole rings is 1. The average molecular weight is 244 g/mol. The van der Waals surface area contributed by atoms with Crippen LogP contribution in [0.15, 0.2) is 15.8 Å². The Morgan fingerprint density at radius 1 is 1.22 bits per heavy atom. The maximum Gasteiger partial charge on any atom is 0.195 e. The molecule has 3 rings (SSSR count). The van der Waals surface area contributed by atoms with E-state index in [-0.39, 0.29) is 0 Å². The number of aromatic nitrogens is 1. The Morgan fingerprint density at radius 2 is 2.06 bits per heavy atom. The van der Waals surface area contributed by atoms with E-state index < -0.39 is 0 Å². The van der Waals surface area contributed by atoms with E-state index in [1.165, 1.54) is 12.0 Å². The number of rotatable bonds is 1. The van der Waals surface area contributed by atoms with Crippen LogP contribution in [0.3, 0.4) is 0 Å². The van der Waals surface area contributed by atoms with Crippen molar-refractivity contribution in [3.05, 3.63) is 23.1 Å². The Bertz CT molecular complexity index is 642. The zero-order valence-electron chi connectivity index (χ0n) is 10.8. The first-order valence-corrected chi connectivity index (χ1v) is 6.07. The van der Waals surface area contributed by atoms with Crippen molar-refractivity contribution in [1.82, 2.24) is 10.3 Å². The zero-order chi connectivity index (χ0) is 12.7. The monoisotopic (exact) mass is 244 g/mol. The molecule has 0 spiro atoms. The summed E-state index contributed by atoms with van der Waals surface area (Å²) in [5.41, 5.74) is 6.25. The Balaban J connectivity index is 2.15. The standard InChI is InChI=1S/C13H16N4O/c1-7-8(2)11-12(18-6-16-11)9(3)10(7)17-13-14-4-5-15-13/h6H,4-5H2,1-3H3,(H2,14,15,17). The van der Waals surface area contributed by atoms with Gasteiger partial charge in [-0.15, -0.1) is 0 Å². The van der Waals surface area contributed by atoms with E-state index in [2.05, 4.69) is 34.5 Å². The summed E-state index contributed by atoms with van der Waals surface area (Å²) in [5.74, 6) is 0.833. The summed E-state index contributed by atoms with van der Waals surface area (Å²) in [4.78, 5) is 8.63. The van der Waals surface area contributed by atoms with Crippen LogP contribution >= 0.6 is 0 Å². The van der Waals surface area contributed by atoms with Gasteiger partial charge in [-0.3, -0.25) is 4.99 Å². The number of fused-ring (bicyclic) bond motifs is 1. The molecule has 2 aromatic rings. The molecule has 1 aliphatic heterocycles. The minimum atomic E-state index is 0.823. The third kappa shape index (κ3) is 1.54. The Labute approximate surface area is 105 Å². The molecule has 5 nitrogen and oxygen atoms in total. The van der Waals surface area contributed by atoms with Crippen LogP contribution in [0.25, 0.3) is 11.1 Å². The van der Waals surface area contributed by atoms with Crippen molar-refractivity contribution >= 4 is 22.7 Å². The number of nitrogens with one attached hydrogen (secondary N) is 2. The lowest BCUT2D eigenvalue weighted by atomic mass is 10.0. The van der Waals surface area contributed by atoms with E-state index in [1.807, 2.05) is 6.92 Å². The molecule has 2 N–H and O–H groups in total. The van der Waals surface area contributed by atoms with E-state index in [1.54, 1.807) is 0 Å². The molecule has 1 aromatic heterocycles. The van der Waals surface area contributed by atoms with Crippen molar-refractivity contribution in [1.29, 1.82) is 0 Å². The maximum absolute atomic E-state index is 5.48. The minimum Gasteiger partial charge on any atom is -0.443 e. The normalized spacial score (nSPS) is 14.7. The van der Waals surface area contributed by atoms with Crippen molar-refractivity contribution in [3.63, 3.8) is 0 Å². The summed E-state index contributed by atoms with van der Waals surface area (Å²) in [6, 6.07) is 0. The molecule has 0 radical (unpaired) electrons. The first-order valence-electron chi connectivity index (χ1n) is 6.07. The van der Waals surface area contributed by atoms with Gasteiger partial charge in [-0.05, 0) is 31.9 Å². The molecule has 0 amide bonds. The van der Waals surface area contributed by atoms with E-state index >= 15 is 0 Å². The second kappa shape index (κ2) is 4.01. The van der Waals surface area contributed by atoms with Gasteiger partial charge < -0.3 is 15.1 Å². The van der Waals surface area contributed by atoms with Crippen molar-refractivity contribution in [2.24, 2.45) is 4.99 Å². The summed E-state index contributed by atoms with van der Waals surface area (Å²) < 4.78 is 5.48. The van der Waals surface area contributed by atoms with Gasteiger partial charge in [0.15, 0.2) is 17.9 Å². The van der Waals surface area contributed by atoms with E-state index in [4.69, 9.17) is 4.42 Å². The van der Waals surface area contributed by atoms with Gasteiger partial charge in [0.1, 0.15) is 5.52 Å². The summed E-state index contributed by atoms with van der Waals surface area (Å²) >= 11 is 0. The van der Waals surface area contributed by atoms with Crippen molar-refractivity contribution < 1.29 is 4.42 Å². The van der Waals surface area contributed by atoms with E-state index in [0.29, 0.717) is 0 Å². The highest BCUT2D eigenvalue weighted by molar-refractivity contribution is 5.99. The molecule has 0 saturated heterocycles. The highest BCUT2D eigenvalue weighted by Gasteiger charge is 2.17. The van der Waals surface area contributed by atoms with Gasteiger partial charge >= 0.3 is 0 Å². The number of guanidine groups is 1. The van der Waals surface area contributed by atoms with E-state index in [0.717, 1.165) is 47.0 Å². The molecule has 1 aliphatic rings. The molecule has 94 valence electrons. The van der Waals surface area contributed by atoms with Gasteiger partial charge in [-0.1, -0.05) is 0 Å². The molecule has 1 aromatic carbocycles. The van der Waals surface area contributed by atoms with Crippen LogP contribution in [-0.2, 0) is 0 Å². The number of aliphatic imine (C=N–C) groups is 1. The highest BCUT2D eigenvalue weighted by Crippen LogP contribution is 2.32. The third-order valence-corrected chi connectivity index (χ3v) is 3.49. The summed E-state index contributed by atoms with van der Waals surface area (Å²) in [6.07, 6.45) is 1.50. The Kier molecular flexibility index (Phi) is 2.47. The molecule has 0 bridgehead atoms. The van der Waals surface area contributed by atoms with Gasteiger partial charge in [-0.2, -0.15) is 0 Å². The van der Waals surface area contributed by atoms with Crippen LogP contribution in [0.1, 0.15) is 16.7 Å². The second-order valence-corrected chi connectivity index (χ2v) is 4.56. The summed E-state index contributed by atoms with van der Waals surface area (Å²) in [7, 11) is 0. The van der Waals surface area contributed by atoms with Crippen LogP contribution in [0, 0.1) is 20.8 Å². The van der Waals surface area contributed by atoms with E-state index in [9.17, 15) is 0 Å². The molecular weight excluding hydrogens is 228 g/mol. The fourth-order valence-corrected chi connectivity index (χ4v) is 2.33. The zero-order valence-corrected chi connectivity index (χ0v) is 10.8. The van der Waals surface area contributed by atoms with Gasteiger partial charge in [0.25, 0.3) is 0 Å². The molecule has 0 aliphatic carbocycles. The average Bonchev–Trinajstić information content (AvgIpc) is 3.02. The number of benzene rings is 1. The first kappa shape index (κ1) is 11.1. The van der Waals surface area contributed by atoms with Gasteiger partial charge in [0, 0.05) is 12.1 Å². The molecule has 0 saturated carbocycles. The number of aryl methyl sites for hydroxylation is 2. The predicted octanol–water partition coefficient (Wildman–Crippen LogP) is 2.12.